The molecule has 0 saturated carbocycles. The van der Waals surface area contributed by atoms with E-state index >= 15 is 0 Å². The lowest BCUT2D eigenvalue weighted by atomic mass is 10.0. The number of hydrogen-bond donors (Lipinski definition) is 2. The number of aromatic nitrogens is 1. The first-order valence-electron chi connectivity index (χ1n) is 4.92. The Morgan fingerprint density at radius 1 is 1.21 bits per heavy atom. The largest absolute Gasteiger partial charge is 0.358 e. The number of hydrogen-bond acceptors (Lipinski definition) is 1. The Balaban J connectivity index is 2.79. The van der Waals surface area contributed by atoms with Gasteiger partial charge in [0.15, 0.2) is 0 Å². The van der Waals surface area contributed by atoms with Gasteiger partial charge in [0.25, 0.3) is 0 Å². The highest BCUT2D eigenvalue weighted by molar-refractivity contribution is 5.85. The zero-order valence-corrected chi connectivity index (χ0v) is 8.94. The Labute approximate surface area is 84.1 Å². The molecule has 0 atom stereocenters. The maximum absolute atomic E-state index is 5.67. The maximum atomic E-state index is 5.67. The van der Waals surface area contributed by atoms with Crippen LogP contribution in [0.25, 0.3) is 10.9 Å². The van der Waals surface area contributed by atoms with Crippen molar-refractivity contribution in [3.63, 3.8) is 0 Å². The number of fused-ring (bicyclic) bond motifs is 1. The fourth-order valence-electron chi connectivity index (χ4n) is 1.88. The van der Waals surface area contributed by atoms with E-state index in [-0.39, 0.29) is 0 Å². The molecule has 3 N–H and O–H groups in total. The Hall–Kier alpha value is -1.28. The van der Waals surface area contributed by atoms with Crippen LogP contribution in [-0.2, 0) is 6.54 Å². The van der Waals surface area contributed by atoms with Gasteiger partial charge in [-0.15, -0.1) is 0 Å². The third kappa shape index (κ3) is 1.23. The lowest BCUT2D eigenvalue weighted by Gasteiger charge is -2.03. The minimum absolute atomic E-state index is 0.610. The normalized spacial score (nSPS) is 11.1. The summed E-state index contributed by atoms with van der Waals surface area (Å²) >= 11 is 0. The van der Waals surface area contributed by atoms with Gasteiger partial charge in [-0.2, -0.15) is 0 Å². The maximum Gasteiger partial charge on any atom is 0.0462 e. The summed E-state index contributed by atoms with van der Waals surface area (Å²) in [7, 11) is 0. The molecule has 0 aliphatic heterocycles. The van der Waals surface area contributed by atoms with Gasteiger partial charge >= 0.3 is 0 Å². The highest BCUT2D eigenvalue weighted by atomic mass is 14.7. The second-order valence-corrected chi connectivity index (χ2v) is 3.90. The van der Waals surface area contributed by atoms with Gasteiger partial charge in [-0.05, 0) is 49.6 Å². The molecular weight excluding hydrogens is 172 g/mol. The molecule has 2 rings (SSSR count). The first kappa shape index (κ1) is 9.28. The standard InChI is InChI=1S/C12H16N2/c1-7-4-11-8(2)9(3)14-12(11)5-10(7)6-13/h4-5,14H,6,13H2,1-3H3. The summed E-state index contributed by atoms with van der Waals surface area (Å²) in [6.07, 6.45) is 0. The van der Waals surface area contributed by atoms with Crippen LogP contribution in [0.3, 0.4) is 0 Å². The average Bonchev–Trinajstić information content (AvgIpc) is 2.43. The zero-order valence-electron chi connectivity index (χ0n) is 8.94. The Bertz CT molecular complexity index is 481. The van der Waals surface area contributed by atoms with E-state index in [9.17, 15) is 0 Å². The molecule has 0 aliphatic carbocycles. The molecule has 0 saturated heterocycles. The van der Waals surface area contributed by atoms with Crippen LogP contribution in [0.4, 0.5) is 0 Å². The van der Waals surface area contributed by atoms with Gasteiger partial charge in [0.05, 0.1) is 0 Å². The van der Waals surface area contributed by atoms with Crippen molar-refractivity contribution in [2.45, 2.75) is 27.3 Å². The van der Waals surface area contributed by atoms with Gasteiger partial charge in [-0.3, -0.25) is 0 Å². The van der Waals surface area contributed by atoms with Gasteiger partial charge in [0, 0.05) is 23.1 Å². The molecule has 2 heteroatoms. The lowest BCUT2D eigenvalue weighted by Crippen LogP contribution is -1.98. The summed E-state index contributed by atoms with van der Waals surface area (Å²) in [5.74, 6) is 0. The van der Waals surface area contributed by atoms with Crippen LogP contribution in [0.15, 0.2) is 12.1 Å². The summed E-state index contributed by atoms with van der Waals surface area (Å²) < 4.78 is 0. The van der Waals surface area contributed by atoms with E-state index in [1.165, 1.54) is 33.3 Å². The number of aromatic amines is 1. The second kappa shape index (κ2) is 3.14. The topological polar surface area (TPSA) is 41.8 Å². The Morgan fingerprint density at radius 2 is 1.93 bits per heavy atom. The monoisotopic (exact) mass is 188 g/mol. The van der Waals surface area contributed by atoms with E-state index < -0.39 is 0 Å². The van der Waals surface area contributed by atoms with Crippen LogP contribution in [-0.4, -0.2) is 4.98 Å². The molecule has 2 aromatic rings. The first-order chi connectivity index (χ1) is 6.63. The summed E-state index contributed by atoms with van der Waals surface area (Å²) in [6.45, 7) is 6.98. The van der Waals surface area contributed by atoms with Crippen LogP contribution in [0.1, 0.15) is 22.4 Å². The van der Waals surface area contributed by atoms with E-state index in [1.54, 1.807) is 0 Å². The molecule has 0 unspecified atom stereocenters. The molecule has 0 fully saturated rings. The smallest absolute Gasteiger partial charge is 0.0462 e. The number of benzene rings is 1. The predicted octanol–water partition coefficient (Wildman–Crippen LogP) is 2.55. The van der Waals surface area contributed by atoms with Crippen LogP contribution in [0.5, 0.6) is 0 Å². The third-order valence-corrected chi connectivity index (χ3v) is 2.98. The molecular formula is C12H16N2. The quantitative estimate of drug-likeness (QED) is 0.709. The van der Waals surface area contributed by atoms with Crippen LogP contribution < -0.4 is 5.73 Å². The molecule has 0 amide bonds. The van der Waals surface area contributed by atoms with Crippen LogP contribution in [0, 0.1) is 20.8 Å². The van der Waals surface area contributed by atoms with Crippen molar-refractivity contribution in [3.8, 4) is 0 Å². The van der Waals surface area contributed by atoms with Crippen molar-refractivity contribution in [2.75, 3.05) is 0 Å². The van der Waals surface area contributed by atoms with Gasteiger partial charge in [-0.25, -0.2) is 0 Å². The summed E-state index contributed by atoms with van der Waals surface area (Å²) in [5.41, 5.74) is 12.0. The number of H-pyrrole nitrogens is 1. The van der Waals surface area contributed by atoms with Crippen molar-refractivity contribution >= 4 is 10.9 Å². The van der Waals surface area contributed by atoms with E-state index in [0.717, 1.165) is 0 Å². The lowest BCUT2D eigenvalue weighted by molar-refractivity contribution is 1.05. The minimum Gasteiger partial charge on any atom is -0.358 e. The average molecular weight is 188 g/mol. The zero-order chi connectivity index (χ0) is 10.3. The highest BCUT2D eigenvalue weighted by Gasteiger charge is 2.06. The van der Waals surface area contributed by atoms with E-state index in [1.807, 2.05) is 0 Å². The van der Waals surface area contributed by atoms with Crippen LogP contribution >= 0.6 is 0 Å². The van der Waals surface area contributed by atoms with E-state index in [0.29, 0.717) is 6.54 Å². The summed E-state index contributed by atoms with van der Waals surface area (Å²) in [6, 6.07) is 4.38. The number of rotatable bonds is 1. The molecule has 74 valence electrons. The van der Waals surface area contributed by atoms with Crippen molar-refractivity contribution in [2.24, 2.45) is 5.73 Å². The van der Waals surface area contributed by atoms with Crippen molar-refractivity contribution in [1.29, 1.82) is 0 Å². The van der Waals surface area contributed by atoms with Crippen molar-refractivity contribution in [3.05, 3.63) is 34.5 Å². The summed E-state index contributed by atoms with van der Waals surface area (Å²) in [5, 5.41) is 1.32. The van der Waals surface area contributed by atoms with Gasteiger partial charge in [-0.1, -0.05) is 0 Å². The van der Waals surface area contributed by atoms with Crippen LogP contribution in [0.2, 0.25) is 0 Å². The fourth-order valence-corrected chi connectivity index (χ4v) is 1.88. The van der Waals surface area contributed by atoms with Gasteiger partial charge < -0.3 is 10.7 Å². The van der Waals surface area contributed by atoms with E-state index in [2.05, 4.69) is 37.9 Å². The fraction of sp³-hybridized carbons (Fsp3) is 0.333. The van der Waals surface area contributed by atoms with Crippen molar-refractivity contribution < 1.29 is 0 Å². The third-order valence-electron chi connectivity index (χ3n) is 2.98. The molecule has 1 aromatic carbocycles. The molecule has 0 bridgehead atoms. The SMILES string of the molecule is Cc1cc2c(C)c(C)[nH]c2cc1CN. The summed E-state index contributed by atoms with van der Waals surface area (Å²) in [4.78, 5) is 3.37. The van der Waals surface area contributed by atoms with Crippen molar-refractivity contribution in [1.82, 2.24) is 4.98 Å². The predicted molar refractivity (Wildman–Crippen MR) is 60.4 cm³/mol. The number of nitrogens with one attached hydrogen (secondary N) is 1. The number of nitrogens with two attached hydrogens (primary N) is 1. The Kier molecular flexibility index (Phi) is 2.08. The van der Waals surface area contributed by atoms with E-state index in [4.69, 9.17) is 5.73 Å². The minimum atomic E-state index is 0.610. The Morgan fingerprint density at radius 3 is 2.57 bits per heavy atom. The molecule has 1 heterocycles. The molecule has 0 radical (unpaired) electrons. The first-order valence-corrected chi connectivity index (χ1v) is 4.92. The molecule has 2 nitrogen and oxygen atoms in total. The highest BCUT2D eigenvalue weighted by Crippen LogP contribution is 2.24. The molecule has 1 aromatic heterocycles. The number of aryl methyl sites for hydroxylation is 3. The molecule has 0 aliphatic rings. The van der Waals surface area contributed by atoms with Gasteiger partial charge in [0.1, 0.15) is 0 Å². The second-order valence-electron chi connectivity index (χ2n) is 3.90. The molecule has 14 heavy (non-hydrogen) atoms. The van der Waals surface area contributed by atoms with Gasteiger partial charge in [0.2, 0.25) is 0 Å². The molecule has 0 spiro atoms.